The summed E-state index contributed by atoms with van der Waals surface area (Å²) in [6, 6.07) is 9.91. The highest BCUT2D eigenvalue weighted by atomic mass is 16.5. The van der Waals surface area contributed by atoms with Crippen LogP contribution in [0.1, 0.15) is 51.4 Å². The molecule has 0 atom stereocenters. The summed E-state index contributed by atoms with van der Waals surface area (Å²) in [4.78, 5) is 14.2. The molecule has 1 aliphatic rings. The number of hydrogen-bond acceptors (Lipinski definition) is 3. The monoisotopic (exact) mass is 361 g/mol. The first-order valence-corrected chi connectivity index (χ1v) is 10.1. The predicted molar refractivity (Wildman–Crippen MR) is 108 cm³/mol. The number of para-hydroxylation sites is 1. The molecule has 2 rings (SSSR count). The fraction of sp³-hybridized carbons (Fsp3) is 0.667. The highest BCUT2D eigenvalue weighted by molar-refractivity contribution is 5.89. The van der Waals surface area contributed by atoms with Crippen LogP contribution < -0.4 is 10.6 Å². The third-order valence-electron chi connectivity index (χ3n) is 5.21. The Labute approximate surface area is 158 Å². The number of nitrogens with zero attached hydrogens (tertiary/aromatic N) is 1. The number of carbonyl (C=O) groups is 1. The minimum Gasteiger partial charge on any atom is -0.378 e. The molecule has 0 bridgehead atoms. The van der Waals surface area contributed by atoms with E-state index in [0.29, 0.717) is 12.1 Å². The van der Waals surface area contributed by atoms with Gasteiger partial charge in [-0.15, -0.1) is 0 Å². The third kappa shape index (κ3) is 7.34. The summed E-state index contributed by atoms with van der Waals surface area (Å²) in [6.07, 6.45) is 9.44. The number of ether oxygens (including phenoxy) is 1. The topological polar surface area (TPSA) is 53.6 Å². The Bertz CT molecular complexity index is 501. The number of hydrogen-bond donors (Lipinski definition) is 2. The standard InChI is InChI=1S/C21H35N3O2/c1-22-16-8-3-4-9-17-26-20-14-12-19(13-15-20)24(2)21(25)23-18-10-6-5-7-11-18/h5-7,10-11,19-20,22H,3-4,8-9,12-17H2,1-2H3,(H,23,25)/t19-,20-. The summed E-state index contributed by atoms with van der Waals surface area (Å²) in [5.41, 5.74) is 0.844. The second kappa shape index (κ2) is 11.9. The first kappa shape index (κ1) is 20.7. The number of urea groups is 1. The van der Waals surface area contributed by atoms with Gasteiger partial charge in [0.05, 0.1) is 6.10 Å². The molecule has 2 N–H and O–H groups in total. The molecule has 1 aliphatic carbocycles. The highest BCUT2D eigenvalue weighted by Gasteiger charge is 2.26. The molecule has 1 saturated carbocycles. The summed E-state index contributed by atoms with van der Waals surface area (Å²) < 4.78 is 6.04. The van der Waals surface area contributed by atoms with E-state index in [1.54, 1.807) is 0 Å². The van der Waals surface area contributed by atoms with Crippen molar-refractivity contribution in [2.75, 3.05) is 32.6 Å². The molecule has 5 nitrogen and oxygen atoms in total. The summed E-state index contributed by atoms with van der Waals surface area (Å²) in [7, 11) is 3.90. The van der Waals surface area contributed by atoms with Crippen LogP contribution in [0.2, 0.25) is 0 Å². The van der Waals surface area contributed by atoms with Gasteiger partial charge in [0.1, 0.15) is 0 Å². The molecule has 1 aromatic carbocycles. The molecule has 0 aliphatic heterocycles. The lowest BCUT2D eigenvalue weighted by Gasteiger charge is -2.34. The maximum absolute atomic E-state index is 12.4. The van der Waals surface area contributed by atoms with E-state index in [0.717, 1.165) is 50.9 Å². The molecule has 1 fully saturated rings. The third-order valence-corrected chi connectivity index (χ3v) is 5.21. The van der Waals surface area contributed by atoms with Crippen LogP contribution >= 0.6 is 0 Å². The number of nitrogens with one attached hydrogen (secondary N) is 2. The average Bonchev–Trinajstić information content (AvgIpc) is 2.68. The van der Waals surface area contributed by atoms with Crippen LogP contribution in [0.15, 0.2) is 30.3 Å². The van der Waals surface area contributed by atoms with Crippen molar-refractivity contribution in [1.82, 2.24) is 10.2 Å². The van der Waals surface area contributed by atoms with Crippen LogP contribution in [-0.4, -0.2) is 50.3 Å². The van der Waals surface area contributed by atoms with Gasteiger partial charge in [0.15, 0.2) is 0 Å². The minimum atomic E-state index is -0.0258. The lowest BCUT2D eigenvalue weighted by molar-refractivity contribution is 0.0131. The van der Waals surface area contributed by atoms with Gasteiger partial charge in [-0.2, -0.15) is 0 Å². The van der Waals surface area contributed by atoms with Crippen molar-refractivity contribution in [3.63, 3.8) is 0 Å². The number of benzene rings is 1. The van der Waals surface area contributed by atoms with E-state index in [1.807, 2.05) is 49.3 Å². The van der Waals surface area contributed by atoms with Crippen molar-refractivity contribution in [1.29, 1.82) is 0 Å². The summed E-state index contributed by atoms with van der Waals surface area (Å²) >= 11 is 0. The van der Waals surface area contributed by atoms with Gasteiger partial charge >= 0.3 is 6.03 Å². The van der Waals surface area contributed by atoms with Gasteiger partial charge in [0.2, 0.25) is 0 Å². The van der Waals surface area contributed by atoms with Gasteiger partial charge in [0, 0.05) is 25.4 Å². The molecule has 0 heterocycles. The molecular formula is C21H35N3O2. The molecule has 26 heavy (non-hydrogen) atoms. The lowest BCUT2D eigenvalue weighted by Crippen LogP contribution is -2.42. The van der Waals surface area contributed by atoms with Gasteiger partial charge in [-0.05, 0) is 64.3 Å². The zero-order valence-electron chi connectivity index (χ0n) is 16.4. The Hall–Kier alpha value is -1.59. The molecular weight excluding hydrogens is 326 g/mol. The first-order chi connectivity index (χ1) is 12.7. The fourth-order valence-electron chi connectivity index (χ4n) is 3.51. The van der Waals surface area contributed by atoms with Crippen molar-refractivity contribution < 1.29 is 9.53 Å². The van der Waals surface area contributed by atoms with E-state index in [2.05, 4.69) is 10.6 Å². The molecule has 146 valence electrons. The van der Waals surface area contributed by atoms with Crippen LogP contribution in [0.25, 0.3) is 0 Å². The van der Waals surface area contributed by atoms with Crippen LogP contribution in [0.5, 0.6) is 0 Å². The molecule has 5 heteroatoms. The normalized spacial score (nSPS) is 19.9. The molecule has 2 amide bonds. The van der Waals surface area contributed by atoms with Crippen LogP contribution in [-0.2, 0) is 4.74 Å². The number of unbranched alkanes of at least 4 members (excludes halogenated alkanes) is 3. The zero-order chi connectivity index (χ0) is 18.6. The second-order valence-electron chi connectivity index (χ2n) is 7.23. The quantitative estimate of drug-likeness (QED) is 0.612. The highest BCUT2D eigenvalue weighted by Crippen LogP contribution is 2.25. The van der Waals surface area contributed by atoms with Gasteiger partial charge in [-0.25, -0.2) is 4.79 Å². The maximum Gasteiger partial charge on any atom is 0.321 e. The zero-order valence-corrected chi connectivity index (χ0v) is 16.4. The number of amides is 2. The van der Waals surface area contributed by atoms with Crippen LogP contribution in [0.4, 0.5) is 10.5 Å². The van der Waals surface area contributed by atoms with Gasteiger partial charge in [0.25, 0.3) is 0 Å². The van der Waals surface area contributed by atoms with Crippen molar-refractivity contribution in [2.24, 2.45) is 0 Å². The van der Waals surface area contributed by atoms with Crippen LogP contribution in [0.3, 0.4) is 0 Å². The van der Waals surface area contributed by atoms with Crippen molar-refractivity contribution in [2.45, 2.75) is 63.5 Å². The minimum absolute atomic E-state index is 0.0258. The molecule has 0 radical (unpaired) electrons. The van der Waals surface area contributed by atoms with Crippen molar-refractivity contribution >= 4 is 11.7 Å². The summed E-state index contributed by atoms with van der Waals surface area (Å²) in [5.74, 6) is 0. The Kier molecular flexibility index (Phi) is 9.50. The SMILES string of the molecule is CNCCCCCCO[C@H]1CC[C@H](N(C)C(=O)Nc2ccccc2)CC1. The largest absolute Gasteiger partial charge is 0.378 e. The number of rotatable bonds is 10. The van der Waals surface area contributed by atoms with Gasteiger partial charge in [-0.3, -0.25) is 0 Å². The van der Waals surface area contributed by atoms with Gasteiger partial charge < -0.3 is 20.3 Å². The predicted octanol–water partition coefficient (Wildman–Crippen LogP) is 4.26. The van der Waals surface area contributed by atoms with E-state index in [1.165, 1.54) is 19.3 Å². The maximum atomic E-state index is 12.4. The molecule has 0 saturated heterocycles. The Morgan fingerprint density at radius 1 is 1.08 bits per heavy atom. The van der Waals surface area contributed by atoms with E-state index in [4.69, 9.17) is 4.74 Å². The van der Waals surface area contributed by atoms with Crippen molar-refractivity contribution in [3.8, 4) is 0 Å². The Morgan fingerprint density at radius 3 is 2.46 bits per heavy atom. The first-order valence-electron chi connectivity index (χ1n) is 10.1. The number of carbonyl (C=O) groups excluding carboxylic acids is 1. The van der Waals surface area contributed by atoms with Gasteiger partial charge in [-0.1, -0.05) is 31.0 Å². The summed E-state index contributed by atoms with van der Waals surface area (Å²) in [5, 5.41) is 6.15. The second-order valence-corrected chi connectivity index (χ2v) is 7.23. The Balaban J connectivity index is 1.59. The smallest absolute Gasteiger partial charge is 0.321 e. The van der Waals surface area contributed by atoms with E-state index < -0.39 is 0 Å². The molecule has 1 aromatic rings. The summed E-state index contributed by atoms with van der Waals surface area (Å²) in [6.45, 7) is 1.98. The van der Waals surface area contributed by atoms with Crippen LogP contribution in [0, 0.1) is 0 Å². The van der Waals surface area contributed by atoms with Crippen molar-refractivity contribution in [3.05, 3.63) is 30.3 Å². The molecule has 0 unspecified atom stereocenters. The van der Waals surface area contributed by atoms with E-state index >= 15 is 0 Å². The molecule has 0 spiro atoms. The molecule has 0 aromatic heterocycles. The van der Waals surface area contributed by atoms with E-state index in [9.17, 15) is 4.79 Å². The Morgan fingerprint density at radius 2 is 1.77 bits per heavy atom. The van der Waals surface area contributed by atoms with E-state index in [-0.39, 0.29) is 6.03 Å². The average molecular weight is 362 g/mol. The lowest BCUT2D eigenvalue weighted by atomic mass is 9.92. The fourth-order valence-corrected chi connectivity index (χ4v) is 3.51. The number of anilines is 1.